The second-order valence-corrected chi connectivity index (χ2v) is 5.27. The van der Waals surface area contributed by atoms with Crippen LogP contribution in [0, 0.1) is 11.8 Å². The molecule has 1 atom stereocenters. The monoisotopic (exact) mass is 227 g/mol. The van der Waals surface area contributed by atoms with E-state index in [0.29, 0.717) is 0 Å². The van der Waals surface area contributed by atoms with E-state index in [1.54, 1.807) is 18.4 Å². The Morgan fingerprint density at radius 2 is 2.13 bits per heavy atom. The van der Waals surface area contributed by atoms with E-state index in [0.717, 1.165) is 30.7 Å². The summed E-state index contributed by atoms with van der Waals surface area (Å²) >= 11 is 1.75. The van der Waals surface area contributed by atoms with Gasteiger partial charge in [0.1, 0.15) is 5.75 Å². The van der Waals surface area contributed by atoms with Crippen LogP contribution in [0.1, 0.15) is 25.6 Å². The molecule has 0 saturated heterocycles. The number of ether oxygens (including phenoxy) is 1. The third-order valence-corrected chi connectivity index (χ3v) is 3.72. The fourth-order valence-corrected chi connectivity index (χ4v) is 2.10. The summed E-state index contributed by atoms with van der Waals surface area (Å²) in [6.07, 6.45) is 0. The Balaban J connectivity index is 2.31. The van der Waals surface area contributed by atoms with Crippen molar-refractivity contribution in [2.45, 2.75) is 27.3 Å². The van der Waals surface area contributed by atoms with Crippen molar-refractivity contribution in [3.63, 3.8) is 0 Å². The van der Waals surface area contributed by atoms with Gasteiger partial charge >= 0.3 is 0 Å². The molecule has 1 unspecified atom stereocenters. The molecule has 86 valence electrons. The molecule has 0 spiro atoms. The zero-order valence-electron chi connectivity index (χ0n) is 10.0. The number of hydrogen-bond acceptors (Lipinski definition) is 3. The lowest BCUT2D eigenvalue weighted by atomic mass is 9.98. The summed E-state index contributed by atoms with van der Waals surface area (Å²) < 4.78 is 5.26. The number of nitrogens with one attached hydrogen (secondary N) is 1. The maximum Gasteiger partial charge on any atom is 0.134 e. The molecule has 0 aromatic carbocycles. The highest BCUT2D eigenvalue weighted by molar-refractivity contribution is 7.10. The molecule has 1 aromatic rings. The average Bonchev–Trinajstić information content (AvgIpc) is 2.65. The Labute approximate surface area is 96.7 Å². The molecular weight excluding hydrogens is 206 g/mol. The normalized spacial score (nSPS) is 13.1. The molecule has 0 bridgehead atoms. The van der Waals surface area contributed by atoms with Crippen molar-refractivity contribution in [2.75, 3.05) is 13.7 Å². The molecule has 15 heavy (non-hydrogen) atoms. The minimum Gasteiger partial charge on any atom is -0.496 e. The van der Waals surface area contributed by atoms with Crippen LogP contribution in [0.2, 0.25) is 0 Å². The Morgan fingerprint density at radius 3 is 2.73 bits per heavy atom. The first-order valence-electron chi connectivity index (χ1n) is 5.46. The average molecular weight is 227 g/mol. The summed E-state index contributed by atoms with van der Waals surface area (Å²) in [4.78, 5) is 1.29. The van der Waals surface area contributed by atoms with Crippen LogP contribution in [-0.2, 0) is 6.54 Å². The lowest BCUT2D eigenvalue weighted by Gasteiger charge is -2.15. The fourth-order valence-electron chi connectivity index (χ4n) is 1.29. The van der Waals surface area contributed by atoms with Gasteiger partial charge in [0, 0.05) is 6.54 Å². The highest BCUT2D eigenvalue weighted by Crippen LogP contribution is 2.24. The molecular formula is C12H21NOS. The van der Waals surface area contributed by atoms with Gasteiger partial charge in [-0.2, -0.15) is 0 Å². The van der Waals surface area contributed by atoms with Gasteiger partial charge in [-0.1, -0.05) is 20.8 Å². The maximum atomic E-state index is 5.26. The van der Waals surface area contributed by atoms with Gasteiger partial charge in [0.15, 0.2) is 0 Å². The summed E-state index contributed by atoms with van der Waals surface area (Å²) in [6.45, 7) is 8.79. The van der Waals surface area contributed by atoms with Crippen molar-refractivity contribution in [2.24, 2.45) is 11.8 Å². The van der Waals surface area contributed by atoms with Gasteiger partial charge in [0.25, 0.3) is 0 Å². The maximum absolute atomic E-state index is 5.26. The fraction of sp³-hybridized carbons (Fsp3) is 0.667. The largest absolute Gasteiger partial charge is 0.496 e. The lowest BCUT2D eigenvalue weighted by Crippen LogP contribution is -2.23. The first-order valence-corrected chi connectivity index (χ1v) is 6.34. The van der Waals surface area contributed by atoms with Crippen molar-refractivity contribution >= 4 is 11.3 Å². The van der Waals surface area contributed by atoms with Crippen molar-refractivity contribution in [1.82, 2.24) is 5.32 Å². The smallest absolute Gasteiger partial charge is 0.134 e. The Bertz CT molecular complexity index is 283. The van der Waals surface area contributed by atoms with Crippen LogP contribution in [0.25, 0.3) is 0 Å². The molecule has 2 nitrogen and oxygen atoms in total. The molecule has 1 rings (SSSR count). The third-order valence-electron chi connectivity index (χ3n) is 2.81. The molecule has 0 fully saturated rings. The van der Waals surface area contributed by atoms with Crippen LogP contribution in [0.15, 0.2) is 11.4 Å². The summed E-state index contributed by atoms with van der Waals surface area (Å²) in [6, 6.07) is 2.02. The molecule has 3 heteroatoms. The number of hydrogen-bond donors (Lipinski definition) is 1. The van der Waals surface area contributed by atoms with Gasteiger partial charge in [-0.3, -0.25) is 0 Å². The van der Waals surface area contributed by atoms with Crippen LogP contribution in [-0.4, -0.2) is 13.7 Å². The summed E-state index contributed by atoms with van der Waals surface area (Å²) in [5.41, 5.74) is 0. The Hall–Kier alpha value is -0.540. The van der Waals surface area contributed by atoms with E-state index in [1.165, 1.54) is 4.88 Å². The topological polar surface area (TPSA) is 21.3 Å². The van der Waals surface area contributed by atoms with Crippen LogP contribution in [0.5, 0.6) is 5.75 Å². The first kappa shape index (κ1) is 12.5. The van der Waals surface area contributed by atoms with E-state index in [1.807, 2.05) is 6.07 Å². The molecule has 0 radical (unpaired) electrons. The third kappa shape index (κ3) is 3.84. The van der Waals surface area contributed by atoms with E-state index < -0.39 is 0 Å². The summed E-state index contributed by atoms with van der Waals surface area (Å²) in [5, 5.41) is 5.55. The highest BCUT2D eigenvalue weighted by atomic mass is 32.1. The standard InChI is InChI=1S/C12H21NOS/c1-9(2)10(3)7-13-8-12-11(14-4)5-6-15-12/h5-6,9-10,13H,7-8H2,1-4H3. The number of rotatable bonds is 6. The molecule has 0 aliphatic rings. The highest BCUT2D eigenvalue weighted by Gasteiger charge is 2.08. The predicted octanol–water partition coefficient (Wildman–Crippen LogP) is 3.14. The Morgan fingerprint density at radius 1 is 1.40 bits per heavy atom. The van der Waals surface area contributed by atoms with Gasteiger partial charge in [0.05, 0.1) is 12.0 Å². The van der Waals surface area contributed by atoms with Gasteiger partial charge in [-0.15, -0.1) is 11.3 Å². The van der Waals surface area contributed by atoms with Gasteiger partial charge in [0.2, 0.25) is 0 Å². The molecule has 0 aliphatic heterocycles. The van der Waals surface area contributed by atoms with Gasteiger partial charge in [-0.25, -0.2) is 0 Å². The van der Waals surface area contributed by atoms with Crippen molar-refractivity contribution < 1.29 is 4.74 Å². The molecule has 0 aliphatic carbocycles. The van der Waals surface area contributed by atoms with Crippen molar-refractivity contribution in [3.8, 4) is 5.75 Å². The van der Waals surface area contributed by atoms with E-state index in [4.69, 9.17) is 4.74 Å². The SMILES string of the molecule is COc1ccsc1CNCC(C)C(C)C. The minimum absolute atomic E-state index is 0.718. The molecule has 1 heterocycles. The van der Waals surface area contributed by atoms with Gasteiger partial charge in [-0.05, 0) is 29.8 Å². The Kier molecular flexibility index (Phi) is 5.12. The van der Waals surface area contributed by atoms with E-state index in [2.05, 4.69) is 31.5 Å². The number of thiophene rings is 1. The van der Waals surface area contributed by atoms with Crippen LogP contribution in [0.3, 0.4) is 0 Å². The van der Waals surface area contributed by atoms with Crippen molar-refractivity contribution in [1.29, 1.82) is 0 Å². The second kappa shape index (κ2) is 6.13. The van der Waals surface area contributed by atoms with Crippen LogP contribution < -0.4 is 10.1 Å². The molecule has 0 amide bonds. The van der Waals surface area contributed by atoms with Gasteiger partial charge < -0.3 is 10.1 Å². The summed E-state index contributed by atoms with van der Waals surface area (Å²) in [7, 11) is 1.72. The van der Waals surface area contributed by atoms with Crippen LogP contribution in [0.4, 0.5) is 0 Å². The van der Waals surface area contributed by atoms with Crippen LogP contribution >= 0.6 is 11.3 Å². The minimum atomic E-state index is 0.718. The second-order valence-electron chi connectivity index (χ2n) is 4.26. The first-order chi connectivity index (χ1) is 7.15. The quantitative estimate of drug-likeness (QED) is 0.806. The van der Waals surface area contributed by atoms with E-state index >= 15 is 0 Å². The predicted molar refractivity (Wildman–Crippen MR) is 66.6 cm³/mol. The van der Waals surface area contributed by atoms with E-state index in [9.17, 15) is 0 Å². The number of methoxy groups -OCH3 is 1. The zero-order valence-corrected chi connectivity index (χ0v) is 10.9. The molecule has 0 saturated carbocycles. The molecule has 1 aromatic heterocycles. The summed E-state index contributed by atoms with van der Waals surface area (Å²) in [5.74, 6) is 2.46. The van der Waals surface area contributed by atoms with Crippen molar-refractivity contribution in [3.05, 3.63) is 16.3 Å². The lowest BCUT2D eigenvalue weighted by molar-refractivity contribution is 0.386. The zero-order chi connectivity index (χ0) is 11.3. The van der Waals surface area contributed by atoms with E-state index in [-0.39, 0.29) is 0 Å². The molecule has 1 N–H and O–H groups in total.